The minimum absolute atomic E-state index is 0.219. The minimum atomic E-state index is -0.967. The van der Waals surface area contributed by atoms with E-state index in [4.69, 9.17) is 5.11 Å². The summed E-state index contributed by atoms with van der Waals surface area (Å²) in [5.74, 6) is -0.190. The van der Waals surface area contributed by atoms with E-state index in [1.54, 1.807) is 0 Å². The van der Waals surface area contributed by atoms with E-state index < -0.39 is 5.97 Å². The molecule has 0 aromatic heterocycles. The summed E-state index contributed by atoms with van der Waals surface area (Å²) in [7, 11) is 0. The van der Waals surface area contributed by atoms with Gasteiger partial charge in [0.15, 0.2) is 0 Å². The number of carboxylic acids is 1. The Kier molecular flexibility index (Phi) is 5.08. The molecule has 1 fully saturated rings. The Morgan fingerprint density at radius 1 is 1.44 bits per heavy atom. The molecule has 1 aliphatic carbocycles. The highest BCUT2D eigenvalue weighted by molar-refractivity contribution is 5.80. The van der Waals surface area contributed by atoms with Crippen molar-refractivity contribution in [3.05, 3.63) is 0 Å². The molecule has 5 nitrogen and oxygen atoms in total. The molecule has 0 unspecified atom stereocenters. The van der Waals surface area contributed by atoms with Crippen molar-refractivity contribution >= 4 is 12.0 Å². The van der Waals surface area contributed by atoms with Gasteiger partial charge >= 0.3 is 12.0 Å². The lowest BCUT2D eigenvalue weighted by molar-refractivity contribution is -0.137. The predicted octanol–water partition coefficient (Wildman–Crippen LogP) is 1.29. The van der Waals surface area contributed by atoms with Gasteiger partial charge in [0.05, 0.1) is 0 Å². The van der Waals surface area contributed by atoms with Gasteiger partial charge in [-0.3, -0.25) is 4.79 Å². The molecular weight excluding hydrogens is 208 g/mol. The number of nitrogens with zero attached hydrogens (tertiary/aromatic N) is 1. The molecule has 1 saturated carbocycles. The molecule has 0 aromatic carbocycles. The highest BCUT2D eigenvalue weighted by Crippen LogP contribution is 2.31. The predicted molar refractivity (Wildman–Crippen MR) is 60.2 cm³/mol. The largest absolute Gasteiger partial charge is 0.480 e. The molecule has 0 aromatic rings. The minimum Gasteiger partial charge on any atom is -0.480 e. The summed E-state index contributed by atoms with van der Waals surface area (Å²) in [4.78, 5) is 23.5. The maximum Gasteiger partial charge on any atom is 0.323 e. The van der Waals surface area contributed by atoms with Crippen molar-refractivity contribution in [3.63, 3.8) is 0 Å². The van der Waals surface area contributed by atoms with Gasteiger partial charge in [-0.2, -0.15) is 0 Å². The third-order valence-corrected chi connectivity index (χ3v) is 2.63. The normalized spacial score (nSPS) is 14.6. The number of hydrogen-bond acceptors (Lipinski definition) is 2. The Hall–Kier alpha value is -1.26. The van der Waals surface area contributed by atoms with Gasteiger partial charge in [0.25, 0.3) is 0 Å². The number of carbonyl (C=O) groups is 2. The second-order valence-electron chi connectivity index (χ2n) is 4.28. The van der Waals surface area contributed by atoms with Gasteiger partial charge in [-0.15, -0.1) is 0 Å². The van der Waals surface area contributed by atoms with Crippen LogP contribution in [0.15, 0.2) is 0 Å². The van der Waals surface area contributed by atoms with Crippen LogP contribution in [0.25, 0.3) is 0 Å². The van der Waals surface area contributed by atoms with Gasteiger partial charge in [-0.05, 0) is 18.8 Å². The Morgan fingerprint density at radius 2 is 2.12 bits per heavy atom. The molecular formula is C11H20N2O3. The summed E-state index contributed by atoms with van der Waals surface area (Å²) in [6.07, 6.45) is 4.31. The lowest BCUT2D eigenvalue weighted by Gasteiger charge is -2.20. The van der Waals surface area contributed by atoms with E-state index >= 15 is 0 Å². The molecule has 92 valence electrons. The third-order valence-electron chi connectivity index (χ3n) is 2.63. The first-order chi connectivity index (χ1) is 7.63. The van der Waals surface area contributed by atoms with Crippen LogP contribution in [0, 0.1) is 5.92 Å². The zero-order chi connectivity index (χ0) is 12.0. The molecule has 0 heterocycles. The van der Waals surface area contributed by atoms with E-state index in [9.17, 15) is 9.59 Å². The second kappa shape index (κ2) is 6.35. The van der Waals surface area contributed by atoms with Gasteiger partial charge in [-0.1, -0.05) is 19.8 Å². The maximum absolute atomic E-state index is 11.6. The number of amides is 2. The summed E-state index contributed by atoms with van der Waals surface area (Å²) < 4.78 is 0. The van der Waals surface area contributed by atoms with Crippen LogP contribution < -0.4 is 5.32 Å². The number of hydrogen-bond donors (Lipinski definition) is 2. The number of nitrogens with one attached hydrogen (secondary N) is 1. The average molecular weight is 228 g/mol. The van der Waals surface area contributed by atoms with Crippen LogP contribution in [0.5, 0.6) is 0 Å². The zero-order valence-electron chi connectivity index (χ0n) is 9.74. The van der Waals surface area contributed by atoms with Crippen LogP contribution in [0.3, 0.4) is 0 Å². The highest BCUT2D eigenvalue weighted by Gasteiger charge is 2.21. The lowest BCUT2D eigenvalue weighted by Crippen LogP contribution is -2.43. The maximum atomic E-state index is 11.6. The van der Waals surface area contributed by atoms with Crippen LogP contribution in [0.4, 0.5) is 4.79 Å². The number of aliphatic carboxylic acids is 1. The van der Waals surface area contributed by atoms with Crippen LogP contribution in [0.2, 0.25) is 0 Å². The second-order valence-corrected chi connectivity index (χ2v) is 4.28. The lowest BCUT2D eigenvalue weighted by atomic mass is 10.3. The summed E-state index contributed by atoms with van der Waals surface area (Å²) in [5.41, 5.74) is 0. The first-order valence-electron chi connectivity index (χ1n) is 5.88. The van der Waals surface area contributed by atoms with Crippen LogP contribution >= 0.6 is 0 Å². The number of carbonyl (C=O) groups excluding carboxylic acids is 1. The van der Waals surface area contributed by atoms with Crippen molar-refractivity contribution in [2.45, 2.75) is 32.6 Å². The van der Waals surface area contributed by atoms with Crippen molar-refractivity contribution in [2.24, 2.45) is 5.92 Å². The molecule has 2 amide bonds. The molecule has 0 aliphatic heterocycles. The van der Waals surface area contributed by atoms with E-state index in [2.05, 4.69) is 5.32 Å². The van der Waals surface area contributed by atoms with Gasteiger partial charge in [0.1, 0.15) is 6.54 Å². The van der Waals surface area contributed by atoms with Crippen LogP contribution in [0.1, 0.15) is 32.6 Å². The smallest absolute Gasteiger partial charge is 0.323 e. The van der Waals surface area contributed by atoms with E-state index in [1.165, 1.54) is 17.7 Å². The van der Waals surface area contributed by atoms with Gasteiger partial charge < -0.3 is 15.3 Å². The fourth-order valence-corrected chi connectivity index (χ4v) is 1.59. The molecule has 0 radical (unpaired) electrons. The first kappa shape index (κ1) is 12.8. The Morgan fingerprint density at radius 3 is 2.62 bits per heavy atom. The number of rotatable bonds is 7. The summed E-state index contributed by atoms with van der Waals surface area (Å²) in [5, 5.41) is 11.4. The molecule has 0 bridgehead atoms. The van der Waals surface area contributed by atoms with E-state index in [0.717, 1.165) is 18.8 Å². The fourth-order valence-electron chi connectivity index (χ4n) is 1.59. The van der Waals surface area contributed by atoms with Crippen LogP contribution in [-0.2, 0) is 4.79 Å². The molecule has 2 N–H and O–H groups in total. The molecule has 0 spiro atoms. The van der Waals surface area contributed by atoms with Crippen molar-refractivity contribution in [1.82, 2.24) is 10.2 Å². The van der Waals surface area contributed by atoms with Crippen molar-refractivity contribution < 1.29 is 14.7 Å². The number of urea groups is 1. The summed E-state index contributed by atoms with van der Waals surface area (Å²) in [6, 6.07) is -0.259. The van der Waals surface area contributed by atoms with Gasteiger partial charge in [0.2, 0.25) is 0 Å². The van der Waals surface area contributed by atoms with E-state index in [0.29, 0.717) is 13.1 Å². The topological polar surface area (TPSA) is 69.6 Å². The Bertz CT molecular complexity index is 252. The van der Waals surface area contributed by atoms with Crippen LogP contribution in [-0.4, -0.2) is 41.6 Å². The molecule has 1 rings (SSSR count). The summed E-state index contributed by atoms with van der Waals surface area (Å²) >= 11 is 0. The number of carboxylic acid groups (broad SMARTS) is 1. The van der Waals surface area contributed by atoms with Crippen molar-refractivity contribution in [1.29, 1.82) is 0 Å². The third kappa shape index (κ3) is 5.00. The SMILES string of the molecule is CCCN(CC(=O)O)C(=O)NCCC1CC1. The zero-order valence-corrected chi connectivity index (χ0v) is 9.74. The molecule has 0 saturated heterocycles. The van der Waals surface area contributed by atoms with Gasteiger partial charge in [0, 0.05) is 13.1 Å². The molecule has 1 aliphatic rings. The Balaban J connectivity index is 2.23. The average Bonchev–Trinajstić information content (AvgIpc) is 3.00. The van der Waals surface area contributed by atoms with E-state index in [1.807, 2.05) is 6.92 Å². The monoisotopic (exact) mass is 228 g/mol. The van der Waals surface area contributed by atoms with Gasteiger partial charge in [-0.25, -0.2) is 4.79 Å². The van der Waals surface area contributed by atoms with Crippen molar-refractivity contribution in [3.8, 4) is 0 Å². The molecule has 16 heavy (non-hydrogen) atoms. The quantitative estimate of drug-likeness (QED) is 0.690. The molecule has 0 atom stereocenters. The highest BCUT2D eigenvalue weighted by atomic mass is 16.4. The standard InChI is InChI=1S/C11H20N2O3/c1-2-7-13(8-10(14)15)11(16)12-6-5-9-3-4-9/h9H,2-8H2,1H3,(H,12,16)(H,14,15). The molecule has 5 heteroatoms. The first-order valence-corrected chi connectivity index (χ1v) is 5.88. The summed E-state index contributed by atoms with van der Waals surface area (Å²) in [6.45, 7) is 2.85. The fraction of sp³-hybridized carbons (Fsp3) is 0.818. The van der Waals surface area contributed by atoms with E-state index in [-0.39, 0.29) is 12.6 Å². The Labute approximate surface area is 95.8 Å². The van der Waals surface area contributed by atoms with Crippen molar-refractivity contribution in [2.75, 3.05) is 19.6 Å².